The molecule has 0 saturated heterocycles. The second kappa shape index (κ2) is 7.04. The lowest BCUT2D eigenvalue weighted by molar-refractivity contribution is 0.0320. The van der Waals surface area contributed by atoms with E-state index in [4.69, 9.17) is 10.00 Å². The Balaban J connectivity index is 1.68. The lowest BCUT2D eigenvalue weighted by Gasteiger charge is -2.12. The topological polar surface area (TPSA) is 82.4 Å². The average Bonchev–Trinajstić information content (AvgIpc) is 3.29. The summed E-state index contributed by atoms with van der Waals surface area (Å²) in [6.07, 6.45) is 1.73. The van der Waals surface area contributed by atoms with Gasteiger partial charge in [0.05, 0.1) is 24.3 Å². The van der Waals surface area contributed by atoms with Gasteiger partial charge in [0, 0.05) is 18.7 Å². The molecule has 1 aromatic rings. The Kier molecular flexibility index (Phi) is 5.10. The van der Waals surface area contributed by atoms with Crippen LogP contribution in [0.4, 0.5) is 0 Å². The van der Waals surface area contributed by atoms with Gasteiger partial charge < -0.3 is 15.2 Å². The highest BCUT2D eigenvalue weighted by Gasteiger charge is 2.21. The third kappa shape index (κ3) is 4.65. The molecule has 2 rings (SSSR count). The minimum atomic E-state index is -0.698. The number of hydrogen-bond acceptors (Lipinski definition) is 4. The van der Waals surface area contributed by atoms with Crippen LogP contribution in [-0.2, 0) is 4.74 Å². The Morgan fingerprint density at radius 3 is 2.75 bits per heavy atom. The predicted molar refractivity (Wildman–Crippen MR) is 73.0 cm³/mol. The lowest BCUT2D eigenvalue weighted by Crippen LogP contribution is -2.34. The number of nitrogens with one attached hydrogen (secondary N) is 1. The molecule has 20 heavy (non-hydrogen) atoms. The van der Waals surface area contributed by atoms with E-state index in [0.717, 1.165) is 0 Å². The van der Waals surface area contributed by atoms with Crippen molar-refractivity contribution in [3.8, 4) is 6.07 Å². The van der Waals surface area contributed by atoms with E-state index in [2.05, 4.69) is 5.32 Å². The van der Waals surface area contributed by atoms with Crippen LogP contribution in [0.15, 0.2) is 24.3 Å². The molecule has 1 aliphatic rings. The maximum absolute atomic E-state index is 11.8. The van der Waals surface area contributed by atoms with Gasteiger partial charge in [0.15, 0.2) is 0 Å². The van der Waals surface area contributed by atoms with E-state index in [0.29, 0.717) is 23.7 Å². The van der Waals surface area contributed by atoms with Gasteiger partial charge in [0.2, 0.25) is 0 Å². The third-order valence-electron chi connectivity index (χ3n) is 3.14. The maximum Gasteiger partial charge on any atom is 0.251 e. The Morgan fingerprint density at radius 2 is 2.15 bits per heavy atom. The van der Waals surface area contributed by atoms with Crippen molar-refractivity contribution in [1.29, 1.82) is 5.26 Å². The fraction of sp³-hybridized carbons (Fsp3) is 0.467. The summed E-state index contributed by atoms with van der Waals surface area (Å²) in [6, 6.07) is 8.34. The summed E-state index contributed by atoms with van der Waals surface area (Å²) < 4.78 is 5.35. The van der Waals surface area contributed by atoms with E-state index in [9.17, 15) is 9.90 Å². The fourth-order valence-corrected chi connectivity index (χ4v) is 1.72. The number of carbonyl (C=O) groups is 1. The van der Waals surface area contributed by atoms with Crippen molar-refractivity contribution < 1.29 is 14.6 Å². The molecule has 5 nitrogen and oxygen atoms in total. The van der Waals surface area contributed by atoms with Crippen LogP contribution in [0.1, 0.15) is 28.8 Å². The highest BCUT2D eigenvalue weighted by Crippen LogP contribution is 2.28. The zero-order valence-electron chi connectivity index (χ0n) is 11.2. The Bertz CT molecular complexity index is 489. The molecule has 1 fully saturated rings. The second-order valence-electron chi connectivity index (χ2n) is 5.03. The number of hydrogen-bond donors (Lipinski definition) is 2. The van der Waals surface area contributed by atoms with Crippen molar-refractivity contribution in [2.75, 3.05) is 19.8 Å². The molecule has 0 spiro atoms. The molecule has 1 atom stereocenters. The van der Waals surface area contributed by atoms with E-state index in [1.807, 2.05) is 6.07 Å². The van der Waals surface area contributed by atoms with Crippen molar-refractivity contribution in [3.05, 3.63) is 35.4 Å². The SMILES string of the molecule is N#Cc1ccc(C(=O)NCC(O)COCC2CC2)cc1. The number of nitrogens with zero attached hydrogens (tertiary/aromatic N) is 1. The van der Waals surface area contributed by atoms with Gasteiger partial charge in [-0.15, -0.1) is 0 Å². The van der Waals surface area contributed by atoms with Crippen LogP contribution in [0.3, 0.4) is 0 Å². The van der Waals surface area contributed by atoms with Crippen molar-refractivity contribution >= 4 is 5.91 Å². The summed E-state index contributed by atoms with van der Waals surface area (Å²) in [5, 5.41) is 21.0. The first-order valence-electron chi connectivity index (χ1n) is 6.73. The van der Waals surface area contributed by atoms with Gasteiger partial charge in [-0.25, -0.2) is 0 Å². The number of carbonyl (C=O) groups excluding carboxylic acids is 1. The number of ether oxygens (including phenoxy) is 1. The summed E-state index contributed by atoms with van der Waals surface area (Å²) >= 11 is 0. The first kappa shape index (κ1) is 14.5. The van der Waals surface area contributed by atoms with Crippen LogP contribution in [0.2, 0.25) is 0 Å². The van der Waals surface area contributed by atoms with Gasteiger partial charge in [-0.1, -0.05) is 0 Å². The lowest BCUT2D eigenvalue weighted by atomic mass is 10.1. The molecule has 1 aromatic carbocycles. The largest absolute Gasteiger partial charge is 0.389 e. The molecule has 5 heteroatoms. The van der Waals surface area contributed by atoms with E-state index in [1.54, 1.807) is 24.3 Å². The van der Waals surface area contributed by atoms with Gasteiger partial charge in [0.1, 0.15) is 0 Å². The van der Waals surface area contributed by atoms with Crippen LogP contribution in [0, 0.1) is 17.2 Å². The summed E-state index contributed by atoms with van der Waals surface area (Å²) in [4.78, 5) is 11.8. The number of nitriles is 1. The van der Waals surface area contributed by atoms with E-state index in [-0.39, 0.29) is 19.1 Å². The third-order valence-corrected chi connectivity index (χ3v) is 3.14. The number of aliphatic hydroxyl groups excluding tert-OH is 1. The number of benzene rings is 1. The molecule has 0 radical (unpaired) electrons. The fourth-order valence-electron chi connectivity index (χ4n) is 1.72. The summed E-state index contributed by atoms with van der Waals surface area (Å²) in [6.45, 7) is 1.09. The molecular weight excluding hydrogens is 256 g/mol. The molecule has 1 aliphatic carbocycles. The quantitative estimate of drug-likeness (QED) is 0.779. The zero-order chi connectivity index (χ0) is 14.4. The Morgan fingerprint density at radius 1 is 1.45 bits per heavy atom. The second-order valence-corrected chi connectivity index (χ2v) is 5.03. The molecule has 1 amide bonds. The minimum Gasteiger partial charge on any atom is -0.389 e. The van der Waals surface area contributed by atoms with Crippen LogP contribution >= 0.6 is 0 Å². The smallest absolute Gasteiger partial charge is 0.251 e. The summed E-state index contributed by atoms with van der Waals surface area (Å²) in [5.74, 6) is 0.395. The normalized spacial score (nSPS) is 15.4. The first-order chi connectivity index (χ1) is 9.69. The molecule has 1 saturated carbocycles. The molecule has 0 aromatic heterocycles. The number of rotatable bonds is 7. The van der Waals surface area contributed by atoms with Gasteiger partial charge in [-0.3, -0.25) is 4.79 Å². The van der Waals surface area contributed by atoms with Gasteiger partial charge in [-0.05, 0) is 43.0 Å². The van der Waals surface area contributed by atoms with Crippen molar-refractivity contribution in [1.82, 2.24) is 5.32 Å². The molecule has 0 heterocycles. The monoisotopic (exact) mass is 274 g/mol. The molecule has 0 bridgehead atoms. The maximum atomic E-state index is 11.8. The van der Waals surface area contributed by atoms with Gasteiger partial charge in [0.25, 0.3) is 5.91 Å². The Labute approximate surface area is 118 Å². The van der Waals surface area contributed by atoms with Crippen LogP contribution in [-0.4, -0.2) is 36.9 Å². The highest BCUT2D eigenvalue weighted by molar-refractivity contribution is 5.94. The molecule has 0 aliphatic heterocycles. The van der Waals surface area contributed by atoms with Crippen molar-refractivity contribution in [2.24, 2.45) is 5.92 Å². The number of aliphatic hydroxyl groups is 1. The molecule has 1 unspecified atom stereocenters. The van der Waals surface area contributed by atoms with Crippen molar-refractivity contribution in [2.45, 2.75) is 18.9 Å². The minimum absolute atomic E-state index is 0.156. The van der Waals surface area contributed by atoms with E-state index < -0.39 is 6.10 Å². The standard InChI is InChI=1S/C15H18N2O3/c16-7-11-3-5-13(6-4-11)15(19)17-8-14(18)10-20-9-12-1-2-12/h3-6,12,14,18H,1-2,8-10H2,(H,17,19). The van der Waals surface area contributed by atoms with Gasteiger partial charge >= 0.3 is 0 Å². The van der Waals surface area contributed by atoms with Crippen LogP contribution in [0.5, 0.6) is 0 Å². The number of amides is 1. The zero-order valence-corrected chi connectivity index (χ0v) is 11.2. The Hall–Kier alpha value is -1.90. The highest BCUT2D eigenvalue weighted by atomic mass is 16.5. The van der Waals surface area contributed by atoms with Crippen molar-refractivity contribution in [3.63, 3.8) is 0 Å². The van der Waals surface area contributed by atoms with E-state index in [1.165, 1.54) is 12.8 Å². The average molecular weight is 274 g/mol. The summed E-state index contributed by atoms with van der Waals surface area (Å²) in [5.41, 5.74) is 0.977. The first-order valence-corrected chi connectivity index (χ1v) is 6.73. The molecule has 2 N–H and O–H groups in total. The molecular formula is C15H18N2O3. The van der Waals surface area contributed by atoms with E-state index >= 15 is 0 Å². The molecule has 106 valence electrons. The van der Waals surface area contributed by atoms with Crippen LogP contribution < -0.4 is 5.32 Å². The van der Waals surface area contributed by atoms with Gasteiger partial charge in [-0.2, -0.15) is 5.26 Å². The van der Waals surface area contributed by atoms with Crippen LogP contribution in [0.25, 0.3) is 0 Å². The summed E-state index contributed by atoms with van der Waals surface area (Å²) in [7, 11) is 0. The predicted octanol–water partition coefficient (Wildman–Crippen LogP) is 1.08.